The molecule has 0 bridgehead atoms. The van der Waals surface area contributed by atoms with Gasteiger partial charge in [0.15, 0.2) is 0 Å². The highest BCUT2D eigenvalue weighted by Gasteiger charge is 2.18. The Balaban J connectivity index is 3.60. The van der Waals surface area contributed by atoms with Gasteiger partial charge in [-0.3, -0.25) is 4.79 Å². The summed E-state index contributed by atoms with van der Waals surface area (Å²) in [4.78, 5) is 10.3. The van der Waals surface area contributed by atoms with Gasteiger partial charge in [-0.1, -0.05) is 27.7 Å². The van der Waals surface area contributed by atoms with Gasteiger partial charge in [-0.05, 0) is 17.8 Å². The lowest BCUT2D eigenvalue weighted by atomic mass is 9.84. The normalized spacial score (nSPS) is 12.1. The van der Waals surface area contributed by atoms with E-state index in [-0.39, 0.29) is 11.8 Å². The number of hydrogen-bond donors (Lipinski definition) is 2. The van der Waals surface area contributed by atoms with Gasteiger partial charge >= 0.3 is 5.97 Å². The van der Waals surface area contributed by atoms with E-state index in [0.29, 0.717) is 12.5 Å². The summed E-state index contributed by atoms with van der Waals surface area (Å²) in [5.74, 6) is -0.0505. The smallest absolute Gasteiger partial charge is 0.304 e. The third-order valence-corrected chi connectivity index (χ3v) is 2.08. The van der Waals surface area contributed by atoms with Crippen LogP contribution in [0.15, 0.2) is 0 Å². The maximum atomic E-state index is 10.3. The number of carbonyl (C=O) groups is 1. The Morgan fingerprint density at radius 3 is 2.43 bits per heavy atom. The van der Waals surface area contributed by atoms with Gasteiger partial charge in [-0.2, -0.15) is 0 Å². The van der Waals surface area contributed by atoms with Crippen LogP contribution in [0.25, 0.3) is 0 Å². The van der Waals surface area contributed by atoms with Gasteiger partial charge in [0.2, 0.25) is 0 Å². The van der Waals surface area contributed by atoms with Crippen LogP contribution < -0.4 is 5.32 Å². The summed E-state index contributed by atoms with van der Waals surface area (Å²) < 4.78 is 0. The van der Waals surface area contributed by atoms with Gasteiger partial charge in [0, 0.05) is 13.1 Å². The summed E-state index contributed by atoms with van der Waals surface area (Å²) in [6.45, 7) is 10.3. The zero-order valence-corrected chi connectivity index (χ0v) is 9.76. The van der Waals surface area contributed by atoms with Crippen molar-refractivity contribution in [3.63, 3.8) is 0 Å². The van der Waals surface area contributed by atoms with E-state index in [1.54, 1.807) is 0 Å². The second-order valence-corrected chi connectivity index (χ2v) is 5.08. The molecule has 0 spiro atoms. The monoisotopic (exact) mass is 201 g/mol. The van der Waals surface area contributed by atoms with Crippen molar-refractivity contribution in [1.82, 2.24) is 5.32 Å². The number of aliphatic carboxylic acids is 1. The lowest BCUT2D eigenvalue weighted by Gasteiger charge is -2.26. The minimum Gasteiger partial charge on any atom is -0.481 e. The molecule has 0 aromatic rings. The number of carboxylic acid groups (broad SMARTS) is 1. The summed E-state index contributed by atoms with van der Waals surface area (Å²) >= 11 is 0. The topological polar surface area (TPSA) is 49.3 Å². The van der Waals surface area contributed by atoms with E-state index in [1.807, 2.05) is 0 Å². The summed E-state index contributed by atoms with van der Waals surface area (Å²) in [6, 6.07) is 0. The van der Waals surface area contributed by atoms with Gasteiger partial charge in [0.25, 0.3) is 0 Å². The fourth-order valence-electron chi connectivity index (χ4n) is 1.80. The van der Waals surface area contributed by atoms with Crippen molar-refractivity contribution in [2.45, 2.75) is 40.5 Å². The molecule has 0 rings (SSSR count). The Morgan fingerprint density at radius 1 is 1.43 bits per heavy atom. The van der Waals surface area contributed by atoms with E-state index in [4.69, 9.17) is 5.11 Å². The van der Waals surface area contributed by atoms with Crippen LogP contribution in [0.2, 0.25) is 0 Å². The molecule has 0 fully saturated rings. The summed E-state index contributed by atoms with van der Waals surface area (Å²) in [7, 11) is 0. The average Bonchev–Trinajstić information content (AvgIpc) is 1.95. The standard InChI is InChI=1S/C11H23NO2/c1-9(2)7-11(3,4)8-12-6-5-10(13)14/h9,12H,5-8H2,1-4H3,(H,13,14). The molecule has 0 saturated heterocycles. The molecular formula is C11H23NO2. The molecule has 0 saturated carbocycles. The molecule has 0 aromatic carbocycles. The van der Waals surface area contributed by atoms with Crippen LogP contribution in [-0.4, -0.2) is 24.2 Å². The fraction of sp³-hybridized carbons (Fsp3) is 0.909. The second kappa shape index (κ2) is 6.02. The molecule has 0 aliphatic rings. The van der Waals surface area contributed by atoms with Crippen LogP contribution >= 0.6 is 0 Å². The number of nitrogens with one attached hydrogen (secondary N) is 1. The summed E-state index contributed by atoms with van der Waals surface area (Å²) in [5, 5.41) is 11.6. The second-order valence-electron chi connectivity index (χ2n) is 5.08. The van der Waals surface area contributed by atoms with Crippen LogP contribution in [0, 0.1) is 11.3 Å². The first-order chi connectivity index (χ1) is 6.33. The van der Waals surface area contributed by atoms with Gasteiger partial charge in [0.1, 0.15) is 0 Å². The number of hydrogen-bond acceptors (Lipinski definition) is 2. The van der Waals surface area contributed by atoms with Crippen molar-refractivity contribution >= 4 is 5.97 Å². The van der Waals surface area contributed by atoms with Gasteiger partial charge in [0.05, 0.1) is 6.42 Å². The third-order valence-electron chi connectivity index (χ3n) is 2.08. The fourth-order valence-corrected chi connectivity index (χ4v) is 1.80. The van der Waals surface area contributed by atoms with E-state index in [1.165, 1.54) is 0 Å². The molecule has 3 nitrogen and oxygen atoms in total. The zero-order valence-electron chi connectivity index (χ0n) is 9.76. The van der Waals surface area contributed by atoms with Crippen molar-refractivity contribution in [2.75, 3.05) is 13.1 Å². The highest BCUT2D eigenvalue weighted by molar-refractivity contribution is 5.66. The van der Waals surface area contributed by atoms with Crippen LogP contribution in [0.5, 0.6) is 0 Å². The first-order valence-electron chi connectivity index (χ1n) is 5.26. The van der Waals surface area contributed by atoms with Crippen molar-refractivity contribution in [2.24, 2.45) is 11.3 Å². The third kappa shape index (κ3) is 8.05. The predicted octanol–water partition coefficient (Wildman–Crippen LogP) is 2.12. The quantitative estimate of drug-likeness (QED) is 0.620. The molecule has 0 atom stereocenters. The predicted molar refractivity (Wildman–Crippen MR) is 58.4 cm³/mol. The molecular weight excluding hydrogens is 178 g/mol. The largest absolute Gasteiger partial charge is 0.481 e. The first kappa shape index (κ1) is 13.4. The molecule has 14 heavy (non-hydrogen) atoms. The maximum Gasteiger partial charge on any atom is 0.304 e. The van der Waals surface area contributed by atoms with Crippen LogP contribution in [0.1, 0.15) is 40.5 Å². The Labute approximate surface area is 86.9 Å². The molecule has 0 aliphatic carbocycles. The zero-order chi connectivity index (χ0) is 11.2. The van der Waals surface area contributed by atoms with E-state index in [9.17, 15) is 4.79 Å². The van der Waals surface area contributed by atoms with Crippen LogP contribution in [0.3, 0.4) is 0 Å². The Bertz CT molecular complexity index is 176. The van der Waals surface area contributed by atoms with Crippen LogP contribution in [0.4, 0.5) is 0 Å². The van der Waals surface area contributed by atoms with Crippen molar-refractivity contribution in [3.05, 3.63) is 0 Å². The minimum absolute atomic E-state index is 0.206. The number of rotatable bonds is 7. The lowest BCUT2D eigenvalue weighted by Crippen LogP contribution is -2.31. The molecule has 0 aliphatic heterocycles. The minimum atomic E-state index is -0.737. The van der Waals surface area contributed by atoms with E-state index >= 15 is 0 Å². The molecule has 0 amide bonds. The van der Waals surface area contributed by atoms with Gasteiger partial charge in [-0.25, -0.2) is 0 Å². The number of carboxylic acids is 1. The van der Waals surface area contributed by atoms with Crippen molar-refractivity contribution < 1.29 is 9.90 Å². The molecule has 84 valence electrons. The van der Waals surface area contributed by atoms with E-state index in [2.05, 4.69) is 33.0 Å². The highest BCUT2D eigenvalue weighted by Crippen LogP contribution is 2.23. The Morgan fingerprint density at radius 2 is 2.00 bits per heavy atom. The SMILES string of the molecule is CC(C)CC(C)(C)CNCCC(=O)O. The first-order valence-corrected chi connectivity index (χ1v) is 5.26. The Hall–Kier alpha value is -0.570. The van der Waals surface area contributed by atoms with Crippen molar-refractivity contribution in [1.29, 1.82) is 0 Å². The lowest BCUT2D eigenvalue weighted by molar-refractivity contribution is -0.136. The van der Waals surface area contributed by atoms with Gasteiger partial charge < -0.3 is 10.4 Å². The van der Waals surface area contributed by atoms with E-state index in [0.717, 1.165) is 13.0 Å². The highest BCUT2D eigenvalue weighted by atomic mass is 16.4. The molecule has 0 radical (unpaired) electrons. The average molecular weight is 201 g/mol. The van der Waals surface area contributed by atoms with Crippen molar-refractivity contribution in [3.8, 4) is 0 Å². The molecule has 2 N–H and O–H groups in total. The molecule has 0 aromatic heterocycles. The molecule has 3 heteroatoms. The van der Waals surface area contributed by atoms with Crippen LogP contribution in [-0.2, 0) is 4.79 Å². The summed E-state index contributed by atoms with van der Waals surface area (Å²) in [6.07, 6.45) is 1.37. The molecule has 0 heterocycles. The van der Waals surface area contributed by atoms with Gasteiger partial charge in [-0.15, -0.1) is 0 Å². The Kier molecular flexibility index (Phi) is 5.77. The molecule has 0 unspecified atom stereocenters. The summed E-state index contributed by atoms with van der Waals surface area (Å²) in [5.41, 5.74) is 0.257. The van der Waals surface area contributed by atoms with E-state index < -0.39 is 5.97 Å². The maximum absolute atomic E-state index is 10.3.